The molecule has 0 spiro atoms. The molecule has 0 aliphatic rings. The SMILES string of the molecule is Cc1cc(C(C)(C)C#N)ccc1[C@H](C)N[SH](C)(=O)C(C)(C)C. The Morgan fingerprint density at radius 1 is 1.23 bits per heavy atom. The average Bonchev–Trinajstić information content (AvgIpc) is 2.36. The highest BCUT2D eigenvalue weighted by Crippen LogP contribution is 2.29. The van der Waals surface area contributed by atoms with Gasteiger partial charge in [0.25, 0.3) is 0 Å². The van der Waals surface area contributed by atoms with E-state index in [0.717, 1.165) is 16.7 Å². The van der Waals surface area contributed by atoms with E-state index in [1.54, 1.807) is 0 Å². The smallest absolute Gasteiger partial charge is 0.0766 e. The Morgan fingerprint density at radius 2 is 1.77 bits per heavy atom. The van der Waals surface area contributed by atoms with E-state index in [0.29, 0.717) is 0 Å². The summed E-state index contributed by atoms with van der Waals surface area (Å²) in [6.45, 7) is 13.9. The maximum atomic E-state index is 12.8. The Kier molecular flexibility index (Phi) is 5.26. The number of hydrogen-bond donors (Lipinski definition) is 2. The second kappa shape index (κ2) is 6.14. The molecule has 22 heavy (non-hydrogen) atoms. The number of aryl methyl sites for hydroxylation is 1. The van der Waals surface area contributed by atoms with E-state index < -0.39 is 15.5 Å². The van der Waals surface area contributed by atoms with Crippen molar-refractivity contribution in [2.24, 2.45) is 0 Å². The fraction of sp³-hybridized carbons (Fsp3) is 0.611. The van der Waals surface area contributed by atoms with Crippen LogP contribution in [0.25, 0.3) is 0 Å². The summed E-state index contributed by atoms with van der Waals surface area (Å²) >= 11 is 0. The van der Waals surface area contributed by atoms with Crippen molar-refractivity contribution in [3.63, 3.8) is 0 Å². The van der Waals surface area contributed by atoms with Crippen LogP contribution >= 0.6 is 0 Å². The largest absolute Gasteiger partial charge is 0.271 e. The first-order chi connectivity index (χ1) is 9.82. The molecule has 0 fully saturated rings. The normalized spacial score (nSPS) is 15.2. The standard InChI is InChI=1S/C18H30N2OS/c1-13-11-15(18(6,7)12-19)9-10-16(13)14(2)20-22(8,21)17(3,4)5/h9-11,14,22H,1-8H3,(H,20,21)/t14-/m0/s1. The van der Waals surface area contributed by atoms with Gasteiger partial charge in [-0.25, -0.2) is 0 Å². The molecule has 0 aliphatic heterocycles. The maximum absolute atomic E-state index is 12.8. The lowest BCUT2D eigenvalue weighted by Gasteiger charge is -2.37. The van der Waals surface area contributed by atoms with E-state index in [1.807, 2.05) is 66.9 Å². The van der Waals surface area contributed by atoms with E-state index in [2.05, 4.69) is 16.9 Å². The molecule has 3 nitrogen and oxygen atoms in total. The third-order valence-corrected chi connectivity index (χ3v) is 7.90. The number of benzene rings is 1. The van der Waals surface area contributed by atoms with Crippen LogP contribution in [-0.4, -0.2) is 15.2 Å². The highest BCUT2D eigenvalue weighted by Gasteiger charge is 2.28. The number of nitrogens with one attached hydrogen (secondary N) is 1. The quantitative estimate of drug-likeness (QED) is 0.828. The third-order valence-electron chi connectivity index (χ3n) is 4.46. The van der Waals surface area contributed by atoms with Crippen LogP contribution in [0.5, 0.6) is 0 Å². The minimum atomic E-state index is -2.47. The zero-order valence-electron chi connectivity index (χ0n) is 15.1. The van der Waals surface area contributed by atoms with Gasteiger partial charge in [0.2, 0.25) is 0 Å². The van der Waals surface area contributed by atoms with Gasteiger partial charge in [0, 0.05) is 17.0 Å². The van der Waals surface area contributed by atoms with Crippen molar-refractivity contribution in [3.05, 3.63) is 34.9 Å². The first kappa shape index (κ1) is 18.9. The number of nitriles is 1. The molecule has 4 heteroatoms. The molecule has 1 aromatic rings. The molecule has 1 aromatic carbocycles. The molecule has 0 radical (unpaired) electrons. The van der Waals surface area contributed by atoms with Crippen LogP contribution in [0.15, 0.2) is 18.2 Å². The van der Waals surface area contributed by atoms with E-state index in [-0.39, 0.29) is 10.8 Å². The minimum absolute atomic E-state index is 0.00862. The van der Waals surface area contributed by atoms with Crippen molar-refractivity contribution in [2.75, 3.05) is 6.26 Å². The van der Waals surface area contributed by atoms with Crippen molar-refractivity contribution in [1.82, 2.24) is 4.72 Å². The van der Waals surface area contributed by atoms with Crippen LogP contribution in [0.4, 0.5) is 0 Å². The zero-order chi connectivity index (χ0) is 17.3. The van der Waals surface area contributed by atoms with Gasteiger partial charge in [0.05, 0.1) is 11.5 Å². The topological polar surface area (TPSA) is 52.9 Å². The van der Waals surface area contributed by atoms with Crippen molar-refractivity contribution in [1.29, 1.82) is 5.26 Å². The molecule has 1 N–H and O–H groups in total. The second-order valence-electron chi connectivity index (χ2n) is 7.75. The number of thiol groups is 1. The van der Waals surface area contributed by atoms with Crippen LogP contribution in [0.1, 0.15) is 64.3 Å². The lowest BCUT2D eigenvalue weighted by Crippen LogP contribution is -2.46. The average molecular weight is 323 g/mol. The lowest BCUT2D eigenvalue weighted by atomic mass is 9.84. The van der Waals surface area contributed by atoms with Gasteiger partial charge in [-0.15, -0.1) is 0 Å². The summed E-state index contributed by atoms with van der Waals surface area (Å²) in [5, 5.41) is 9.26. The molecular formula is C18H30N2OS. The molecule has 0 aliphatic carbocycles. The monoisotopic (exact) mass is 322 g/mol. The molecule has 0 saturated carbocycles. The summed E-state index contributed by atoms with van der Waals surface area (Å²) in [5.41, 5.74) is 2.77. The van der Waals surface area contributed by atoms with Crippen molar-refractivity contribution in [2.45, 2.75) is 64.7 Å². The van der Waals surface area contributed by atoms with Crippen LogP contribution in [0, 0.1) is 18.3 Å². The molecule has 1 rings (SSSR count). The summed E-state index contributed by atoms with van der Waals surface area (Å²) in [4.78, 5) is 0. The highest BCUT2D eigenvalue weighted by molar-refractivity contribution is 8.01. The maximum Gasteiger partial charge on any atom is 0.0766 e. The van der Waals surface area contributed by atoms with Crippen LogP contribution in [-0.2, 0) is 15.5 Å². The second-order valence-corrected chi connectivity index (χ2v) is 11.2. The lowest BCUT2D eigenvalue weighted by molar-refractivity contribution is 0.600. The fourth-order valence-corrected chi connectivity index (χ4v) is 3.51. The molecule has 124 valence electrons. The Labute approximate surface area is 136 Å². The van der Waals surface area contributed by atoms with E-state index in [1.165, 1.54) is 0 Å². The van der Waals surface area contributed by atoms with E-state index in [4.69, 9.17) is 0 Å². The van der Waals surface area contributed by atoms with Gasteiger partial charge in [-0.2, -0.15) is 5.26 Å². The van der Waals surface area contributed by atoms with Crippen molar-refractivity contribution < 1.29 is 4.21 Å². The van der Waals surface area contributed by atoms with Gasteiger partial charge in [-0.3, -0.25) is 8.93 Å². The summed E-state index contributed by atoms with van der Waals surface area (Å²) < 4.78 is 15.9. The highest BCUT2D eigenvalue weighted by atomic mass is 32.3. The van der Waals surface area contributed by atoms with Gasteiger partial charge >= 0.3 is 0 Å². The predicted molar refractivity (Wildman–Crippen MR) is 96.6 cm³/mol. The van der Waals surface area contributed by atoms with Crippen molar-refractivity contribution >= 4 is 10.1 Å². The number of hydrogen-bond acceptors (Lipinski definition) is 2. The van der Waals surface area contributed by atoms with Crippen LogP contribution < -0.4 is 4.72 Å². The molecule has 0 saturated heterocycles. The molecule has 1 atom stereocenters. The summed E-state index contributed by atoms with van der Waals surface area (Å²) in [6, 6.07) is 8.45. The summed E-state index contributed by atoms with van der Waals surface area (Å²) in [7, 11) is -2.47. The Balaban J connectivity index is 3.10. The Hall–Kier alpha value is -1.18. The summed E-state index contributed by atoms with van der Waals surface area (Å²) in [5.74, 6) is 0. The molecule has 0 aromatic heterocycles. The predicted octanol–water partition coefficient (Wildman–Crippen LogP) is 3.81. The first-order valence-corrected chi connectivity index (χ1v) is 9.85. The number of nitrogens with zero attached hydrogens (tertiary/aromatic N) is 1. The number of rotatable bonds is 4. The van der Waals surface area contributed by atoms with Gasteiger partial charge in [-0.1, -0.05) is 28.3 Å². The summed E-state index contributed by atoms with van der Waals surface area (Å²) in [6.07, 6.45) is 1.81. The van der Waals surface area contributed by atoms with Gasteiger partial charge < -0.3 is 0 Å². The van der Waals surface area contributed by atoms with E-state index >= 15 is 0 Å². The van der Waals surface area contributed by atoms with Gasteiger partial charge in [-0.05, 0) is 65.2 Å². The molecule has 0 bridgehead atoms. The fourth-order valence-electron chi connectivity index (χ4n) is 2.25. The minimum Gasteiger partial charge on any atom is -0.271 e. The van der Waals surface area contributed by atoms with E-state index in [9.17, 15) is 9.47 Å². The Morgan fingerprint density at radius 3 is 2.18 bits per heavy atom. The molecule has 0 unspecified atom stereocenters. The zero-order valence-corrected chi connectivity index (χ0v) is 16.0. The van der Waals surface area contributed by atoms with Crippen LogP contribution in [0.3, 0.4) is 0 Å². The van der Waals surface area contributed by atoms with Gasteiger partial charge in [0.1, 0.15) is 0 Å². The molecular weight excluding hydrogens is 292 g/mol. The third kappa shape index (κ3) is 3.97. The van der Waals surface area contributed by atoms with Crippen LogP contribution in [0.2, 0.25) is 0 Å². The molecule has 0 heterocycles. The van der Waals surface area contributed by atoms with Gasteiger partial charge in [0.15, 0.2) is 0 Å². The van der Waals surface area contributed by atoms with Crippen molar-refractivity contribution in [3.8, 4) is 6.07 Å². The Bertz CT molecular complexity index is 635. The molecule has 0 amide bonds. The first-order valence-electron chi connectivity index (χ1n) is 7.69.